The van der Waals surface area contributed by atoms with Crippen LogP contribution in [0, 0.1) is 12.7 Å². The second kappa shape index (κ2) is 7.78. The van der Waals surface area contributed by atoms with E-state index in [1.54, 1.807) is 18.2 Å². The summed E-state index contributed by atoms with van der Waals surface area (Å²) in [4.78, 5) is 28.4. The lowest BCUT2D eigenvalue weighted by Gasteiger charge is -2.18. The molecular weight excluding hydrogens is 403 g/mol. The summed E-state index contributed by atoms with van der Waals surface area (Å²) >= 11 is 0. The van der Waals surface area contributed by atoms with Gasteiger partial charge in [0.15, 0.2) is 0 Å². The maximum atomic E-state index is 13.8. The van der Waals surface area contributed by atoms with E-state index >= 15 is 0 Å². The fraction of sp³-hybridized carbons (Fsp3) is 0.0370. The number of halogens is 1. The normalized spacial score (nSPS) is 13.9. The van der Waals surface area contributed by atoms with Crippen molar-refractivity contribution in [3.8, 4) is 0 Å². The van der Waals surface area contributed by atoms with Gasteiger partial charge in [0.25, 0.3) is 11.8 Å². The van der Waals surface area contributed by atoms with Gasteiger partial charge in [-0.05, 0) is 42.1 Å². The largest absolute Gasteiger partial charge is 0.350 e. The van der Waals surface area contributed by atoms with E-state index in [2.05, 4.69) is 5.32 Å². The zero-order chi connectivity index (χ0) is 22.2. The third-order valence-electron chi connectivity index (χ3n) is 5.53. The number of carbonyl (C=O) groups excluding carboxylic acids is 2. The van der Waals surface area contributed by atoms with Crippen molar-refractivity contribution in [2.75, 3.05) is 10.2 Å². The highest BCUT2D eigenvalue weighted by molar-refractivity contribution is 6.47. The van der Waals surface area contributed by atoms with Crippen LogP contribution in [-0.2, 0) is 9.59 Å². The quantitative estimate of drug-likeness (QED) is 0.430. The monoisotopic (exact) mass is 422 g/mol. The molecule has 0 atom stereocenters. The minimum atomic E-state index is -0.480. The minimum Gasteiger partial charge on any atom is -0.350 e. The average Bonchev–Trinajstić information content (AvgIpc) is 3.03. The predicted octanol–water partition coefficient (Wildman–Crippen LogP) is 5.68. The van der Waals surface area contributed by atoms with E-state index in [0.717, 1.165) is 16.3 Å². The standard InChI is InChI=1S/C27H19FN2O2/c1-17-12-14-19(15-13-17)24-25(29-21-9-5-8-20(28)16-21)27(32)30(26(24)31)23-11-4-7-18-6-2-3-10-22(18)23/h2-16,29H,1H3. The molecule has 1 heterocycles. The molecule has 1 aliphatic heterocycles. The molecule has 0 saturated heterocycles. The minimum absolute atomic E-state index is 0.123. The van der Waals surface area contributed by atoms with Gasteiger partial charge in [0.1, 0.15) is 11.5 Å². The molecule has 0 fully saturated rings. The molecule has 5 heteroatoms. The van der Waals surface area contributed by atoms with Gasteiger partial charge in [0.2, 0.25) is 0 Å². The van der Waals surface area contributed by atoms with E-state index in [0.29, 0.717) is 16.9 Å². The highest BCUT2D eigenvalue weighted by Crippen LogP contribution is 2.37. The van der Waals surface area contributed by atoms with Crippen molar-refractivity contribution >= 4 is 39.5 Å². The number of hydrogen-bond acceptors (Lipinski definition) is 3. The molecule has 5 rings (SSSR count). The highest BCUT2D eigenvalue weighted by Gasteiger charge is 2.40. The first-order valence-corrected chi connectivity index (χ1v) is 10.2. The Morgan fingerprint density at radius 3 is 2.28 bits per heavy atom. The van der Waals surface area contributed by atoms with Gasteiger partial charge in [-0.25, -0.2) is 9.29 Å². The number of aryl methyl sites for hydroxylation is 1. The van der Waals surface area contributed by atoms with E-state index in [1.807, 2.05) is 67.6 Å². The Kier molecular flexibility index (Phi) is 4.79. The summed E-state index contributed by atoms with van der Waals surface area (Å²) in [6.07, 6.45) is 0. The molecule has 2 amide bonds. The zero-order valence-corrected chi connectivity index (χ0v) is 17.3. The first-order valence-electron chi connectivity index (χ1n) is 10.2. The van der Waals surface area contributed by atoms with Crippen LogP contribution in [0.4, 0.5) is 15.8 Å². The molecule has 4 nitrogen and oxygen atoms in total. The maximum absolute atomic E-state index is 13.8. The number of fused-ring (bicyclic) bond motifs is 1. The number of benzene rings is 4. The molecule has 0 unspecified atom stereocenters. The van der Waals surface area contributed by atoms with Crippen molar-refractivity contribution in [2.24, 2.45) is 0 Å². The predicted molar refractivity (Wildman–Crippen MR) is 125 cm³/mol. The topological polar surface area (TPSA) is 49.4 Å². The van der Waals surface area contributed by atoms with Crippen molar-refractivity contribution < 1.29 is 14.0 Å². The molecule has 156 valence electrons. The lowest BCUT2D eigenvalue weighted by Crippen LogP contribution is -2.32. The molecule has 0 radical (unpaired) electrons. The van der Waals surface area contributed by atoms with Crippen molar-refractivity contribution in [1.29, 1.82) is 0 Å². The lowest BCUT2D eigenvalue weighted by atomic mass is 10.0. The van der Waals surface area contributed by atoms with Gasteiger partial charge in [-0.15, -0.1) is 0 Å². The van der Waals surface area contributed by atoms with E-state index in [9.17, 15) is 14.0 Å². The number of nitrogens with zero attached hydrogens (tertiary/aromatic N) is 1. The van der Waals surface area contributed by atoms with Crippen LogP contribution >= 0.6 is 0 Å². The summed E-state index contributed by atoms with van der Waals surface area (Å²) in [5.74, 6) is -1.34. The zero-order valence-electron chi connectivity index (χ0n) is 17.3. The van der Waals surface area contributed by atoms with Crippen LogP contribution in [0.1, 0.15) is 11.1 Å². The van der Waals surface area contributed by atoms with Crippen molar-refractivity contribution in [3.63, 3.8) is 0 Å². The second-order valence-corrected chi connectivity index (χ2v) is 7.70. The SMILES string of the molecule is Cc1ccc(C2=C(Nc3cccc(F)c3)C(=O)N(c3cccc4ccccc34)C2=O)cc1. The van der Waals surface area contributed by atoms with Gasteiger partial charge in [0.05, 0.1) is 11.3 Å². The summed E-state index contributed by atoms with van der Waals surface area (Å²) in [5.41, 5.74) is 2.95. The van der Waals surface area contributed by atoms with Gasteiger partial charge in [-0.3, -0.25) is 9.59 Å². The van der Waals surface area contributed by atoms with Gasteiger partial charge in [-0.2, -0.15) is 0 Å². The summed E-state index contributed by atoms with van der Waals surface area (Å²) in [7, 11) is 0. The Hall–Kier alpha value is -4.25. The molecule has 0 saturated carbocycles. The van der Waals surface area contributed by atoms with Crippen LogP contribution in [0.2, 0.25) is 0 Å². The molecule has 0 spiro atoms. The molecule has 4 aromatic rings. The van der Waals surface area contributed by atoms with E-state index < -0.39 is 17.6 Å². The number of imide groups is 1. The van der Waals surface area contributed by atoms with Crippen LogP contribution in [0.3, 0.4) is 0 Å². The maximum Gasteiger partial charge on any atom is 0.282 e. The van der Waals surface area contributed by atoms with Crippen LogP contribution < -0.4 is 10.2 Å². The highest BCUT2D eigenvalue weighted by atomic mass is 19.1. The smallest absolute Gasteiger partial charge is 0.282 e. The molecule has 0 aromatic heterocycles. The van der Waals surface area contributed by atoms with Crippen LogP contribution in [0.25, 0.3) is 16.3 Å². The average molecular weight is 422 g/mol. The van der Waals surface area contributed by atoms with E-state index in [1.165, 1.54) is 17.0 Å². The number of hydrogen-bond donors (Lipinski definition) is 1. The molecule has 0 aliphatic carbocycles. The summed E-state index contributed by atoms with van der Waals surface area (Å²) in [5, 5.41) is 4.72. The lowest BCUT2D eigenvalue weighted by molar-refractivity contribution is -0.120. The third kappa shape index (κ3) is 3.34. The van der Waals surface area contributed by atoms with E-state index in [4.69, 9.17) is 0 Å². The van der Waals surface area contributed by atoms with Crippen LogP contribution in [0.5, 0.6) is 0 Å². The van der Waals surface area contributed by atoms with Crippen LogP contribution in [-0.4, -0.2) is 11.8 Å². The summed E-state index contributed by atoms with van der Waals surface area (Å²) in [6, 6.07) is 26.3. The Morgan fingerprint density at radius 1 is 0.781 bits per heavy atom. The molecule has 32 heavy (non-hydrogen) atoms. The third-order valence-corrected chi connectivity index (χ3v) is 5.53. The Bertz CT molecular complexity index is 1400. The number of rotatable bonds is 4. The fourth-order valence-electron chi connectivity index (χ4n) is 3.97. The van der Waals surface area contributed by atoms with E-state index in [-0.39, 0.29) is 11.3 Å². The fourth-order valence-corrected chi connectivity index (χ4v) is 3.97. The first kappa shape index (κ1) is 19.7. The van der Waals surface area contributed by atoms with Gasteiger partial charge < -0.3 is 5.32 Å². The van der Waals surface area contributed by atoms with Crippen molar-refractivity contribution in [1.82, 2.24) is 0 Å². The van der Waals surface area contributed by atoms with Crippen molar-refractivity contribution in [3.05, 3.63) is 114 Å². The first-order chi connectivity index (χ1) is 15.5. The number of anilines is 2. The summed E-state index contributed by atoms with van der Waals surface area (Å²) in [6.45, 7) is 1.95. The number of carbonyl (C=O) groups is 2. The Morgan fingerprint density at radius 2 is 1.50 bits per heavy atom. The Labute approximate surface area is 184 Å². The molecule has 0 bridgehead atoms. The van der Waals surface area contributed by atoms with Gasteiger partial charge in [-0.1, -0.05) is 72.3 Å². The Balaban J connectivity index is 1.67. The summed E-state index contributed by atoms with van der Waals surface area (Å²) < 4.78 is 13.8. The second-order valence-electron chi connectivity index (χ2n) is 7.70. The van der Waals surface area contributed by atoms with Gasteiger partial charge in [0, 0.05) is 11.1 Å². The van der Waals surface area contributed by atoms with Crippen LogP contribution in [0.15, 0.2) is 96.7 Å². The number of amides is 2. The van der Waals surface area contributed by atoms with Crippen molar-refractivity contribution in [2.45, 2.75) is 6.92 Å². The molecule has 1 aliphatic rings. The number of nitrogens with one attached hydrogen (secondary N) is 1. The molecule has 1 N–H and O–H groups in total. The molecule has 4 aromatic carbocycles. The van der Waals surface area contributed by atoms with Gasteiger partial charge >= 0.3 is 0 Å². The molecular formula is C27H19FN2O2.